The lowest BCUT2D eigenvalue weighted by Crippen LogP contribution is -2.50. The first-order chi connectivity index (χ1) is 8.34. The third-order valence-electron chi connectivity index (χ3n) is 3.46. The number of rotatable bonds is 2. The van der Waals surface area contributed by atoms with Crippen molar-refractivity contribution in [3.63, 3.8) is 0 Å². The van der Waals surface area contributed by atoms with Crippen molar-refractivity contribution in [2.45, 2.75) is 43.5 Å². The van der Waals surface area contributed by atoms with Crippen molar-refractivity contribution in [1.82, 2.24) is 4.31 Å². The van der Waals surface area contributed by atoms with Gasteiger partial charge in [-0.05, 0) is 44.9 Å². The number of hydrogen-bond acceptors (Lipinski definition) is 2. The molecule has 0 bridgehead atoms. The molecule has 1 heterocycles. The van der Waals surface area contributed by atoms with E-state index >= 15 is 0 Å². The van der Waals surface area contributed by atoms with Gasteiger partial charge in [0, 0.05) is 16.6 Å². The Morgan fingerprint density at radius 1 is 1.28 bits per heavy atom. The predicted molar refractivity (Wildman–Crippen MR) is 76.0 cm³/mol. The zero-order valence-corrected chi connectivity index (χ0v) is 13.1. The Bertz CT molecular complexity index is 540. The first-order valence-electron chi connectivity index (χ1n) is 6.12. The summed E-state index contributed by atoms with van der Waals surface area (Å²) in [6, 6.07) is 6.92. The minimum absolute atomic E-state index is 0.292. The van der Waals surface area contributed by atoms with Crippen LogP contribution < -0.4 is 0 Å². The molecule has 0 atom stereocenters. The Balaban J connectivity index is 2.42. The second-order valence-electron chi connectivity index (χ2n) is 5.30. The van der Waals surface area contributed by atoms with Crippen LogP contribution in [0.25, 0.3) is 0 Å². The zero-order chi connectivity index (χ0) is 13.4. The van der Waals surface area contributed by atoms with Gasteiger partial charge < -0.3 is 0 Å². The van der Waals surface area contributed by atoms with Crippen LogP contribution in [-0.4, -0.2) is 24.8 Å². The van der Waals surface area contributed by atoms with E-state index in [1.165, 1.54) is 0 Å². The number of sulfonamides is 1. The van der Waals surface area contributed by atoms with E-state index in [1.807, 2.05) is 19.9 Å². The number of piperidine rings is 1. The van der Waals surface area contributed by atoms with Crippen molar-refractivity contribution in [3.8, 4) is 0 Å². The van der Waals surface area contributed by atoms with Crippen LogP contribution in [0, 0.1) is 0 Å². The van der Waals surface area contributed by atoms with Gasteiger partial charge in [0.1, 0.15) is 0 Å². The Kier molecular flexibility index (Phi) is 3.85. The maximum absolute atomic E-state index is 12.7. The summed E-state index contributed by atoms with van der Waals surface area (Å²) in [5.41, 5.74) is -0.292. The van der Waals surface area contributed by atoms with Gasteiger partial charge in [0.05, 0.1) is 4.90 Å². The molecule has 0 amide bonds. The van der Waals surface area contributed by atoms with Gasteiger partial charge in [-0.15, -0.1) is 0 Å². The number of nitrogens with zero attached hydrogens (tertiary/aromatic N) is 1. The number of benzene rings is 1. The summed E-state index contributed by atoms with van der Waals surface area (Å²) in [7, 11) is -3.39. The molecule has 0 aliphatic carbocycles. The summed E-state index contributed by atoms with van der Waals surface area (Å²) < 4.78 is 27.8. The van der Waals surface area contributed by atoms with Gasteiger partial charge in [0.15, 0.2) is 0 Å². The lowest BCUT2D eigenvalue weighted by atomic mass is 9.93. The summed E-state index contributed by atoms with van der Waals surface area (Å²) >= 11 is 3.32. The fraction of sp³-hybridized carbons (Fsp3) is 0.538. The van der Waals surface area contributed by atoms with Gasteiger partial charge in [-0.25, -0.2) is 8.42 Å². The van der Waals surface area contributed by atoms with Crippen molar-refractivity contribution in [2.75, 3.05) is 6.54 Å². The van der Waals surface area contributed by atoms with Crippen LogP contribution in [-0.2, 0) is 10.0 Å². The first-order valence-corrected chi connectivity index (χ1v) is 8.36. The largest absolute Gasteiger partial charge is 0.243 e. The van der Waals surface area contributed by atoms with Gasteiger partial charge in [0.2, 0.25) is 10.0 Å². The highest BCUT2D eigenvalue weighted by atomic mass is 79.9. The molecule has 0 N–H and O–H groups in total. The molecular weight excluding hydrogens is 314 g/mol. The lowest BCUT2D eigenvalue weighted by Gasteiger charge is -2.41. The predicted octanol–water partition coefficient (Wildman–Crippen LogP) is 3.40. The molecule has 0 saturated carbocycles. The Morgan fingerprint density at radius 2 is 2.00 bits per heavy atom. The van der Waals surface area contributed by atoms with Crippen molar-refractivity contribution in [2.24, 2.45) is 0 Å². The molecule has 5 heteroatoms. The SMILES string of the molecule is CC1(C)CCCCN1S(=O)(=O)c1cccc(Br)c1. The van der Waals surface area contributed by atoms with Crippen molar-refractivity contribution < 1.29 is 8.42 Å². The summed E-state index contributed by atoms with van der Waals surface area (Å²) in [5, 5.41) is 0. The van der Waals surface area contributed by atoms with Crippen LogP contribution >= 0.6 is 15.9 Å². The van der Waals surface area contributed by atoms with E-state index in [-0.39, 0.29) is 5.54 Å². The fourth-order valence-electron chi connectivity index (χ4n) is 2.44. The van der Waals surface area contributed by atoms with E-state index in [2.05, 4.69) is 15.9 Å². The monoisotopic (exact) mass is 331 g/mol. The highest BCUT2D eigenvalue weighted by molar-refractivity contribution is 9.10. The third kappa shape index (κ3) is 2.63. The molecule has 0 aromatic heterocycles. The summed E-state index contributed by atoms with van der Waals surface area (Å²) in [6.07, 6.45) is 2.95. The van der Waals surface area contributed by atoms with Crippen molar-refractivity contribution >= 4 is 26.0 Å². The first kappa shape index (κ1) is 14.0. The molecule has 1 aliphatic rings. The van der Waals surface area contributed by atoms with E-state index < -0.39 is 10.0 Å². The van der Waals surface area contributed by atoms with Crippen LogP contribution in [0.5, 0.6) is 0 Å². The Morgan fingerprint density at radius 3 is 2.61 bits per heavy atom. The molecule has 0 radical (unpaired) electrons. The molecule has 100 valence electrons. The average Bonchev–Trinajstić information content (AvgIpc) is 2.28. The van der Waals surface area contributed by atoms with E-state index in [1.54, 1.807) is 22.5 Å². The standard InChI is InChI=1S/C13H18BrNO2S/c1-13(2)8-3-4-9-15(13)18(16,17)12-7-5-6-11(14)10-12/h5-7,10H,3-4,8-9H2,1-2H3. The molecule has 1 saturated heterocycles. The van der Waals surface area contributed by atoms with Gasteiger partial charge in [0.25, 0.3) is 0 Å². The Labute approximate surface area is 117 Å². The fourth-order valence-corrected chi connectivity index (χ4v) is 4.88. The minimum Gasteiger partial charge on any atom is -0.207 e. The van der Waals surface area contributed by atoms with Crippen molar-refractivity contribution in [3.05, 3.63) is 28.7 Å². The topological polar surface area (TPSA) is 37.4 Å². The second kappa shape index (κ2) is 4.94. The highest BCUT2D eigenvalue weighted by Gasteiger charge is 2.38. The van der Waals surface area contributed by atoms with Crippen LogP contribution in [0.3, 0.4) is 0 Å². The molecule has 1 aromatic rings. The maximum Gasteiger partial charge on any atom is 0.243 e. The molecule has 1 aliphatic heterocycles. The molecule has 2 rings (SSSR count). The maximum atomic E-state index is 12.7. The molecule has 0 unspecified atom stereocenters. The van der Waals surface area contributed by atoms with Crippen LogP contribution in [0.2, 0.25) is 0 Å². The summed E-state index contributed by atoms with van der Waals surface area (Å²) in [6.45, 7) is 4.62. The summed E-state index contributed by atoms with van der Waals surface area (Å²) in [4.78, 5) is 0.367. The Hall–Kier alpha value is -0.390. The third-order valence-corrected chi connectivity index (χ3v) is 6.06. The zero-order valence-electron chi connectivity index (χ0n) is 10.7. The quantitative estimate of drug-likeness (QED) is 0.832. The smallest absolute Gasteiger partial charge is 0.207 e. The van der Waals surface area contributed by atoms with Gasteiger partial charge in [-0.3, -0.25) is 0 Å². The highest BCUT2D eigenvalue weighted by Crippen LogP contribution is 2.33. The van der Waals surface area contributed by atoms with E-state index in [0.29, 0.717) is 11.4 Å². The molecule has 1 fully saturated rings. The van der Waals surface area contributed by atoms with E-state index in [4.69, 9.17) is 0 Å². The van der Waals surface area contributed by atoms with Crippen LogP contribution in [0.15, 0.2) is 33.6 Å². The molecule has 3 nitrogen and oxygen atoms in total. The number of hydrogen-bond donors (Lipinski definition) is 0. The van der Waals surface area contributed by atoms with Gasteiger partial charge >= 0.3 is 0 Å². The normalized spacial score (nSPS) is 20.8. The van der Waals surface area contributed by atoms with Crippen molar-refractivity contribution in [1.29, 1.82) is 0 Å². The molecule has 1 aromatic carbocycles. The molecule has 0 spiro atoms. The molecular formula is C13H18BrNO2S. The van der Waals surface area contributed by atoms with Crippen LogP contribution in [0.1, 0.15) is 33.1 Å². The number of halogens is 1. The second-order valence-corrected chi connectivity index (χ2v) is 8.08. The lowest BCUT2D eigenvalue weighted by molar-refractivity contribution is 0.170. The van der Waals surface area contributed by atoms with Crippen LogP contribution in [0.4, 0.5) is 0 Å². The summed E-state index contributed by atoms with van der Waals surface area (Å²) in [5.74, 6) is 0. The van der Waals surface area contributed by atoms with E-state index in [9.17, 15) is 8.42 Å². The molecule has 18 heavy (non-hydrogen) atoms. The van der Waals surface area contributed by atoms with Gasteiger partial charge in [-0.2, -0.15) is 4.31 Å². The van der Waals surface area contributed by atoms with E-state index in [0.717, 1.165) is 23.7 Å². The average molecular weight is 332 g/mol. The van der Waals surface area contributed by atoms with Gasteiger partial charge in [-0.1, -0.05) is 28.4 Å². The minimum atomic E-state index is -3.39.